The first-order chi connectivity index (χ1) is 10.6. The van der Waals surface area contributed by atoms with Gasteiger partial charge in [0.1, 0.15) is 25.1 Å². The largest absolute Gasteiger partial charge is 0.491 e. The van der Waals surface area contributed by atoms with E-state index >= 15 is 0 Å². The van der Waals surface area contributed by atoms with Crippen molar-refractivity contribution in [3.8, 4) is 5.75 Å². The Morgan fingerprint density at radius 3 is 2.87 bits per heavy atom. The zero-order valence-corrected chi connectivity index (χ0v) is 13.8. The van der Waals surface area contributed by atoms with Crippen LogP contribution < -0.4 is 15.4 Å². The summed E-state index contributed by atoms with van der Waals surface area (Å²) in [5, 5.41) is 9.82. The highest BCUT2D eigenvalue weighted by atomic mass is 35.5. The van der Waals surface area contributed by atoms with Gasteiger partial charge in [-0.25, -0.2) is 4.39 Å². The van der Waals surface area contributed by atoms with E-state index in [1.165, 1.54) is 0 Å². The number of ether oxygens (including phenoxy) is 1. The summed E-state index contributed by atoms with van der Waals surface area (Å²) in [6, 6.07) is 6.34. The van der Waals surface area contributed by atoms with Crippen LogP contribution in [0.15, 0.2) is 36.7 Å². The molecule has 0 radical (unpaired) electrons. The van der Waals surface area contributed by atoms with Gasteiger partial charge in [0.15, 0.2) is 0 Å². The summed E-state index contributed by atoms with van der Waals surface area (Å²) in [5.74, 6) is 0.302. The molecule has 0 aliphatic heterocycles. The first-order valence-corrected chi connectivity index (χ1v) is 6.89. The van der Waals surface area contributed by atoms with Crippen molar-refractivity contribution >= 4 is 24.0 Å². The maximum atomic E-state index is 12.4. The SMILES string of the molecule is CNC(C(=O)Nc1cccc(OCCF)c1)c1cnn(C)c1.Cl. The van der Waals surface area contributed by atoms with Crippen molar-refractivity contribution in [3.63, 3.8) is 0 Å². The lowest BCUT2D eigenvalue weighted by molar-refractivity contribution is -0.118. The fourth-order valence-corrected chi connectivity index (χ4v) is 2.07. The van der Waals surface area contributed by atoms with Gasteiger partial charge in [0.25, 0.3) is 0 Å². The second kappa shape index (κ2) is 9.12. The van der Waals surface area contributed by atoms with Crippen LogP contribution in [0, 0.1) is 0 Å². The molecular weight excluding hydrogens is 323 g/mol. The smallest absolute Gasteiger partial charge is 0.246 e. The molecule has 0 aliphatic rings. The molecule has 2 rings (SSSR count). The van der Waals surface area contributed by atoms with Gasteiger partial charge >= 0.3 is 0 Å². The number of amides is 1. The third-order valence-corrected chi connectivity index (χ3v) is 3.06. The van der Waals surface area contributed by atoms with Crippen molar-refractivity contribution in [1.82, 2.24) is 15.1 Å². The summed E-state index contributed by atoms with van der Waals surface area (Å²) in [6.45, 7) is -0.564. The molecule has 0 fully saturated rings. The van der Waals surface area contributed by atoms with E-state index in [1.807, 2.05) is 0 Å². The van der Waals surface area contributed by atoms with E-state index < -0.39 is 12.7 Å². The van der Waals surface area contributed by atoms with E-state index in [0.29, 0.717) is 11.4 Å². The van der Waals surface area contributed by atoms with Gasteiger partial charge in [-0.15, -0.1) is 12.4 Å². The van der Waals surface area contributed by atoms with Crippen LogP contribution in [0.3, 0.4) is 0 Å². The summed E-state index contributed by atoms with van der Waals surface area (Å²) in [4.78, 5) is 12.4. The van der Waals surface area contributed by atoms with Crippen LogP contribution in [0.4, 0.5) is 10.1 Å². The Bertz CT molecular complexity index is 635. The average Bonchev–Trinajstić information content (AvgIpc) is 2.92. The van der Waals surface area contributed by atoms with Crippen molar-refractivity contribution in [2.24, 2.45) is 7.05 Å². The van der Waals surface area contributed by atoms with Gasteiger partial charge in [-0.3, -0.25) is 9.48 Å². The van der Waals surface area contributed by atoms with Crippen molar-refractivity contribution in [1.29, 1.82) is 0 Å². The standard InChI is InChI=1S/C15H19FN4O2.ClH/c1-17-14(11-9-18-20(2)10-11)15(21)19-12-4-3-5-13(8-12)22-7-6-16;/h3-5,8-10,14,17H,6-7H2,1-2H3,(H,19,21);1H. The number of hydrogen-bond donors (Lipinski definition) is 2. The first kappa shape index (κ1) is 18.9. The number of carbonyl (C=O) groups is 1. The van der Waals surface area contributed by atoms with Gasteiger partial charge < -0.3 is 15.4 Å². The maximum absolute atomic E-state index is 12.4. The van der Waals surface area contributed by atoms with Gasteiger partial charge in [0.05, 0.1) is 6.20 Å². The molecule has 1 atom stereocenters. The lowest BCUT2D eigenvalue weighted by atomic mass is 10.1. The van der Waals surface area contributed by atoms with Crippen LogP contribution in [0.2, 0.25) is 0 Å². The molecule has 2 aromatic rings. The summed E-state index contributed by atoms with van der Waals surface area (Å²) in [5.41, 5.74) is 1.36. The highest BCUT2D eigenvalue weighted by Crippen LogP contribution is 2.19. The molecule has 0 saturated carbocycles. The van der Waals surface area contributed by atoms with E-state index in [-0.39, 0.29) is 24.9 Å². The molecule has 1 unspecified atom stereocenters. The summed E-state index contributed by atoms with van der Waals surface area (Å²) in [6.07, 6.45) is 3.42. The Labute approximate surface area is 140 Å². The number of aryl methyl sites for hydroxylation is 1. The zero-order chi connectivity index (χ0) is 15.9. The minimum Gasteiger partial charge on any atom is -0.491 e. The molecule has 126 valence electrons. The van der Waals surface area contributed by atoms with E-state index in [2.05, 4.69) is 15.7 Å². The molecule has 23 heavy (non-hydrogen) atoms. The van der Waals surface area contributed by atoms with Gasteiger partial charge in [-0.1, -0.05) is 6.07 Å². The average molecular weight is 343 g/mol. The third kappa shape index (κ3) is 5.22. The first-order valence-electron chi connectivity index (χ1n) is 6.89. The van der Waals surface area contributed by atoms with E-state index in [9.17, 15) is 9.18 Å². The van der Waals surface area contributed by atoms with Crippen molar-refractivity contribution in [2.45, 2.75) is 6.04 Å². The fourth-order valence-electron chi connectivity index (χ4n) is 2.07. The second-order valence-electron chi connectivity index (χ2n) is 4.72. The monoisotopic (exact) mass is 342 g/mol. The second-order valence-corrected chi connectivity index (χ2v) is 4.72. The van der Waals surface area contributed by atoms with Gasteiger partial charge in [-0.05, 0) is 19.2 Å². The number of carbonyl (C=O) groups excluding carboxylic acids is 1. The summed E-state index contributed by atoms with van der Waals surface area (Å²) < 4.78 is 19.0. The zero-order valence-electron chi connectivity index (χ0n) is 13.0. The van der Waals surface area contributed by atoms with Crippen LogP contribution in [0.5, 0.6) is 5.75 Å². The lowest BCUT2D eigenvalue weighted by Crippen LogP contribution is -2.30. The van der Waals surface area contributed by atoms with Crippen LogP contribution in [0.1, 0.15) is 11.6 Å². The molecule has 0 aliphatic carbocycles. The summed E-state index contributed by atoms with van der Waals surface area (Å²) in [7, 11) is 3.50. The number of benzene rings is 1. The number of rotatable bonds is 7. The number of likely N-dealkylation sites (N-methyl/N-ethyl adjacent to an activating group) is 1. The van der Waals surface area contributed by atoms with Crippen molar-refractivity contribution in [3.05, 3.63) is 42.2 Å². The molecule has 6 nitrogen and oxygen atoms in total. The predicted molar refractivity (Wildman–Crippen MR) is 88.8 cm³/mol. The number of nitrogens with zero attached hydrogens (tertiary/aromatic N) is 2. The van der Waals surface area contributed by atoms with E-state index in [0.717, 1.165) is 5.56 Å². The van der Waals surface area contributed by atoms with Crippen LogP contribution in [-0.4, -0.2) is 36.0 Å². The van der Waals surface area contributed by atoms with Crippen LogP contribution >= 0.6 is 12.4 Å². The third-order valence-electron chi connectivity index (χ3n) is 3.06. The molecule has 2 N–H and O–H groups in total. The molecule has 1 amide bonds. The highest BCUT2D eigenvalue weighted by molar-refractivity contribution is 5.95. The molecule has 1 aromatic heterocycles. The van der Waals surface area contributed by atoms with Crippen LogP contribution in [0.25, 0.3) is 0 Å². The highest BCUT2D eigenvalue weighted by Gasteiger charge is 2.20. The molecule has 1 heterocycles. The molecule has 0 saturated heterocycles. The van der Waals surface area contributed by atoms with Crippen molar-refractivity contribution < 1.29 is 13.9 Å². The number of halogens is 2. The molecule has 8 heteroatoms. The Balaban J connectivity index is 0.00000264. The number of nitrogens with one attached hydrogen (secondary N) is 2. The number of aromatic nitrogens is 2. The Hall–Kier alpha value is -2.12. The minimum atomic E-state index is -0.556. The summed E-state index contributed by atoms with van der Waals surface area (Å²) >= 11 is 0. The number of anilines is 1. The Morgan fingerprint density at radius 2 is 2.26 bits per heavy atom. The van der Waals surface area contributed by atoms with Gasteiger partial charge in [0, 0.05) is 30.6 Å². The van der Waals surface area contributed by atoms with Crippen molar-refractivity contribution in [2.75, 3.05) is 25.6 Å². The predicted octanol–water partition coefficient (Wildman–Crippen LogP) is 2.09. The Morgan fingerprint density at radius 1 is 1.48 bits per heavy atom. The quantitative estimate of drug-likeness (QED) is 0.808. The number of hydrogen-bond acceptors (Lipinski definition) is 4. The van der Waals surface area contributed by atoms with E-state index in [4.69, 9.17) is 4.74 Å². The minimum absolute atomic E-state index is 0. The van der Waals surface area contributed by atoms with Gasteiger partial charge in [0.2, 0.25) is 5.91 Å². The topological polar surface area (TPSA) is 68.2 Å². The molecule has 0 spiro atoms. The lowest BCUT2D eigenvalue weighted by Gasteiger charge is -2.15. The van der Waals surface area contributed by atoms with E-state index in [1.54, 1.807) is 55.4 Å². The fraction of sp³-hybridized carbons (Fsp3) is 0.333. The number of alkyl halides is 1. The molecular formula is C15H20ClFN4O2. The van der Waals surface area contributed by atoms with Crippen LogP contribution in [-0.2, 0) is 11.8 Å². The Kier molecular flexibility index (Phi) is 7.50. The molecule has 0 bridgehead atoms. The normalized spacial score (nSPS) is 11.4. The van der Waals surface area contributed by atoms with Gasteiger partial charge in [-0.2, -0.15) is 5.10 Å². The maximum Gasteiger partial charge on any atom is 0.246 e. The molecule has 1 aromatic carbocycles.